The van der Waals surface area contributed by atoms with Crippen LogP contribution in [0.5, 0.6) is 5.75 Å². The van der Waals surface area contributed by atoms with Gasteiger partial charge in [-0.2, -0.15) is 0 Å². The maximum Gasteiger partial charge on any atom is 0.243 e. The van der Waals surface area contributed by atoms with Gasteiger partial charge in [0.15, 0.2) is 0 Å². The fraction of sp³-hybridized carbons (Fsp3) is 0.529. The normalized spacial score (nSPS) is 11.3. The van der Waals surface area contributed by atoms with Gasteiger partial charge in [0, 0.05) is 12.2 Å². The van der Waals surface area contributed by atoms with E-state index in [4.69, 9.17) is 22.1 Å². The zero-order valence-corrected chi connectivity index (χ0v) is 18.3. The molecular weight excluding hydrogens is 415 g/mol. The summed E-state index contributed by atoms with van der Waals surface area (Å²) in [5, 5.41) is 5.58. The van der Waals surface area contributed by atoms with Crippen LogP contribution in [0.1, 0.15) is 13.8 Å². The highest BCUT2D eigenvalue weighted by atomic mass is 35.5. The second-order valence-corrected chi connectivity index (χ2v) is 6.74. The molecule has 0 aromatic heterocycles. The molecule has 1 rings (SSSR count). The molecule has 1 atom stereocenters. The van der Waals surface area contributed by atoms with Crippen LogP contribution in [0.2, 0.25) is 5.02 Å². The molecule has 7 nitrogen and oxygen atoms in total. The number of anilines is 1. The Labute approximate surface area is 178 Å². The Morgan fingerprint density at radius 2 is 1.89 bits per heavy atom. The van der Waals surface area contributed by atoms with Crippen LogP contribution < -0.4 is 21.1 Å². The maximum absolute atomic E-state index is 11.9. The summed E-state index contributed by atoms with van der Waals surface area (Å²) in [5.41, 5.74) is 6.24. The number of carbonyl (C=O) groups is 2. The molecule has 0 saturated carbocycles. The first-order valence-corrected chi connectivity index (χ1v) is 8.48. The Bertz CT molecular complexity index is 601. The van der Waals surface area contributed by atoms with Crippen molar-refractivity contribution in [2.24, 2.45) is 11.7 Å². The van der Waals surface area contributed by atoms with Crippen molar-refractivity contribution in [1.82, 2.24) is 10.2 Å². The lowest BCUT2D eigenvalue weighted by atomic mass is 10.1. The summed E-state index contributed by atoms with van der Waals surface area (Å²) in [6.45, 7) is 4.81. The van der Waals surface area contributed by atoms with Gasteiger partial charge in [-0.25, -0.2) is 0 Å². The minimum atomic E-state index is -0.638. The minimum absolute atomic E-state index is 0. The van der Waals surface area contributed by atoms with Gasteiger partial charge in [0.25, 0.3) is 0 Å². The van der Waals surface area contributed by atoms with Crippen LogP contribution in [0.4, 0.5) is 5.69 Å². The predicted molar refractivity (Wildman–Crippen MR) is 114 cm³/mol. The van der Waals surface area contributed by atoms with Gasteiger partial charge in [0.2, 0.25) is 11.8 Å². The molecule has 0 fully saturated rings. The van der Waals surface area contributed by atoms with E-state index in [1.165, 1.54) is 0 Å². The Balaban J connectivity index is 0. The van der Waals surface area contributed by atoms with Crippen molar-refractivity contribution in [1.29, 1.82) is 0 Å². The molecule has 0 heterocycles. The molecule has 0 aliphatic heterocycles. The summed E-state index contributed by atoms with van der Waals surface area (Å²) in [4.78, 5) is 25.6. The van der Waals surface area contributed by atoms with Gasteiger partial charge in [-0.05, 0) is 38.2 Å². The van der Waals surface area contributed by atoms with Crippen LogP contribution in [0.15, 0.2) is 18.2 Å². The Kier molecular flexibility index (Phi) is 14.3. The van der Waals surface area contributed by atoms with Crippen molar-refractivity contribution in [2.75, 3.05) is 39.1 Å². The molecule has 1 aromatic rings. The number of hydrogen-bond acceptors (Lipinski definition) is 5. The third-order valence-electron chi connectivity index (χ3n) is 3.46. The zero-order chi connectivity index (χ0) is 19.0. The third kappa shape index (κ3) is 10.6. The van der Waals surface area contributed by atoms with E-state index >= 15 is 0 Å². The first-order valence-electron chi connectivity index (χ1n) is 8.11. The van der Waals surface area contributed by atoms with Gasteiger partial charge in [-0.3, -0.25) is 9.59 Å². The van der Waals surface area contributed by atoms with Gasteiger partial charge in [0.1, 0.15) is 12.4 Å². The van der Waals surface area contributed by atoms with Crippen molar-refractivity contribution in [3.63, 3.8) is 0 Å². The summed E-state index contributed by atoms with van der Waals surface area (Å²) in [5.74, 6) is -0.158. The highest BCUT2D eigenvalue weighted by molar-refractivity contribution is 6.32. The highest BCUT2D eigenvalue weighted by Gasteiger charge is 2.17. The fourth-order valence-corrected chi connectivity index (χ4v) is 2.06. The molecule has 0 saturated heterocycles. The van der Waals surface area contributed by atoms with Crippen LogP contribution in [-0.4, -0.2) is 56.5 Å². The molecule has 0 spiro atoms. The average Bonchev–Trinajstić information content (AvgIpc) is 2.53. The molecule has 0 aliphatic carbocycles. The summed E-state index contributed by atoms with van der Waals surface area (Å²) >= 11 is 6.16. The van der Waals surface area contributed by atoms with Crippen LogP contribution in [0.3, 0.4) is 0 Å². The molecule has 0 aliphatic rings. The lowest BCUT2D eigenvalue weighted by Gasteiger charge is -2.15. The Morgan fingerprint density at radius 1 is 1.26 bits per heavy atom. The van der Waals surface area contributed by atoms with Gasteiger partial charge < -0.3 is 26.0 Å². The van der Waals surface area contributed by atoms with Gasteiger partial charge >= 0.3 is 0 Å². The molecule has 1 aromatic carbocycles. The quantitative estimate of drug-likeness (QED) is 0.543. The van der Waals surface area contributed by atoms with Gasteiger partial charge in [0.05, 0.1) is 17.6 Å². The summed E-state index contributed by atoms with van der Waals surface area (Å²) in [7, 11) is 3.91. The number of nitrogens with zero attached hydrogens (tertiary/aromatic N) is 1. The van der Waals surface area contributed by atoms with Gasteiger partial charge in [-0.15, -0.1) is 24.8 Å². The number of nitrogens with two attached hydrogens (primary N) is 1. The number of benzene rings is 1. The van der Waals surface area contributed by atoms with Gasteiger partial charge in [-0.1, -0.05) is 25.4 Å². The van der Waals surface area contributed by atoms with Crippen LogP contribution in [-0.2, 0) is 9.59 Å². The lowest BCUT2D eigenvalue weighted by Crippen LogP contribution is -2.46. The van der Waals surface area contributed by atoms with Crippen molar-refractivity contribution in [3.8, 4) is 5.75 Å². The SMILES string of the molecule is CC(C)[C@H](N)C(=O)NCC(=O)Nc1ccc(OCCN(C)C)c(Cl)c1.Cl.Cl. The fourth-order valence-electron chi connectivity index (χ4n) is 1.83. The molecule has 27 heavy (non-hydrogen) atoms. The topological polar surface area (TPSA) is 96.7 Å². The number of carbonyl (C=O) groups excluding carboxylic acids is 2. The molecule has 0 bridgehead atoms. The number of nitrogens with one attached hydrogen (secondary N) is 2. The average molecular weight is 444 g/mol. The standard InChI is InChI=1S/C17H27ClN4O3.2ClH/c1-11(2)16(19)17(24)20-10-15(23)21-12-5-6-14(13(18)9-12)25-8-7-22(3)4;;/h5-6,9,11,16H,7-8,10,19H2,1-4H3,(H,20,24)(H,21,23);2*1H/t16-;;/m0../s1. The summed E-state index contributed by atoms with van der Waals surface area (Å²) in [6, 6.07) is 4.35. The van der Waals surface area contributed by atoms with Crippen LogP contribution >= 0.6 is 36.4 Å². The minimum Gasteiger partial charge on any atom is -0.491 e. The Morgan fingerprint density at radius 3 is 2.41 bits per heavy atom. The molecule has 0 radical (unpaired) electrons. The third-order valence-corrected chi connectivity index (χ3v) is 3.75. The lowest BCUT2D eigenvalue weighted by molar-refractivity contribution is -0.125. The largest absolute Gasteiger partial charge is 0.491 e. The number of ether oxygens (including phenoxy) is 1. The van der Waals surface area contributed by atoms with E-state index in [1.807, 2.05) is 32.8 Å². The van der Waals surface area contributed by atoms with E-state index in [0.717, 1.165) is 6.54 Å². The maximum atomic E-state index is 11.9. The predicted octanol–water partition coefficient (Wildman–Crippen LogP) is 2.16. The van der Waals surface area contributed by atoms with E-state index < -0.39 is 6.04 Å². The number of halogens is 3. The molecule has 156 valence electrons. The summed E-state index contributed by atoms with van der Waals surface area (Å²) < 4.78 is 5.58. The second kappa shape index (κ2) is 13.8. The highest BCUT2D eigenvalue weighted by Crippen LogP contribution is 2.27. The number of amides is 2. The molecule has 0 unspecified atom stereocenters. The molecule has 10 heteroatoms. The first kappa shape index (κ1) is 28.0. The van der Waals surface area contributed by atoms with Crippen molar-refractivity contribution >= 4 is 53.9 Å². The van der Waals surface area contributed by atoms with E-state index in [9.17, 15) is 9.59 Å². The van der Waals surface area contributed by atoms with E-state index in [0.29, 0.717) is 23.1 Å². The van der Waals surface area contributed by atoms with E-state index in [-0.39, 0.29) is 49.1 Å². The first-order chi connectivity index (χ1) is 11.7. The van der Waals surface area contributed by atoms with Crippen molar-refractivity contribution in [3.05, 3.63) is 23.2 Å². The monoisotopic (exact) mass is 442 g/mol. The zero-order valence-electron chi connectivity index (χ0n) is 16.0. The van der Waals surface area contributed by atoms with Crippen LogP contribution in [0, 0.1) is 5.92 Å². The van der Waals surface area contributed by atoms with E-state index in [2.05, 4.69) is 10.6 Å². The number of likely N-dealkylation sites (N-methyl/N-ethyl adjacent to an activating group) is 1. The Hall–Kier alpha value is -1.25. The molecular formula is C17H29Cl3N4O3. The van der Waals surface area contributed by atoms with Crippen LogP contribution in [0.25, 0.3) is 0 Å². The van der Waals surface area contributed by atoms with E-state index in [1.54, 1.807) is 18.2 Å². The number of rotatable bonds is 9. The van der Waals surface area contributed by atoms with Crippen molar-refractivity contribution < 1.29 is 14.3 Å². The number of hydrogen-bond donors (Lipinski definition) is 3. The van der Waals surface area contributed by atoms with Crippen molar-refractivity contribution in [2.45, 2.75) is 19.9 Å². The summed E-state index contributed by atoms with van der Waals surface area (Å²) in [6.07, 6.45) is 0. The second-order valence-electron chi connectivity index (χ2n) is 6.33. The molecule has 2 amide bonds. The smallest absolute Gasteiger partial charge is 0.243 e. The molecule has 4 N–H and O–H groups in total.